The van der Waals surface area contributed by atoms with Crippen LogP contribution in [-0.4, -0.2) is 59.6 Å². The molecular formula is C22H24F3N3O3. The van der Waals surface area contributed by atoms with Crippen LogP contribution in [0.5, 0.6) is 0 Å². The summed E-state index contributed by atoms with van der Waals surface area (Å²) in [6, 6.07) is 10.2. The third kappa shape index (κ3) is 5.55. The van der Waals surface area contributed by atoms with Crippen molar-refractivity contribution in [1.29, 1.82) is 0 Å². The summed E-state index contributed by atoms with van der Waals surface area (Å²) < 4.78 is 39.7. The number of rotatable bonds is 5. The lowest BCUT2D eigenvalue weighted by molar-refractivity contribution is -0.137. The Morgan fingerprint density at radius 1 is 1.03 bits per heavy atom. The Bertz CT molecular complexity index is 924. The van der Waals surface area contributed by atoms with Gasteiger partial charge in [-0.25, -0.2) is 9.59 Å². The number of carbonyl (C=O) groups excluding carboxylic acids is 1. The topological polar surface area (TPSA) is 64.1 Å². The second-order valence-corrected chi connectivity index (χ2v) is 7.34. The van der Waals surface area contributed by atoms with Crippen molar-refractivity contribution >= 4 is 17.7 Å². The molecule has 0 spiro atoms. The van der Waals surface area contributed by atoms with Crippen molar-refractivity contribution in [2.24, 2.45) is 0 Å². The zero-order valence-corrected chi connectivity index (χ0v) is 17.1. The number of hydrogen-bond donors (Lipinski definition) is 1. The highest BCUT2D eigenvalue weighted by Crippen LogP contribution is 2.32. The smallest absolute Gasteiger partial charge is 0.416 e. The van der Waals surface area contributed by atoms with E-state index in [9.17, 15) is 22.8 Å². The summed E-state index contributed by atoms with van der Waals surface area (Å²) in [5, 5.41) is 9.06. The number of carboxylic acids is 1. The van der Waals surface area contributed by atoms with Crippen LogP contribution in [0.15, 0.2) is 48.5 Å². The van der Waals surface area contributed by atoms with Crippen molar-refractivity contribution in [3.63, 3.8) is 0 Å². The molecule has 0 saturated carbocycles. The Labute approximate surface area is 178 Å². The summed E-state index contributed by atoms with van der Waals surface area (Å²) in [5.74, 6) is -1.08. The summed E-state index contributed by atoms with van der Waals surface area (Å²) in [5.41, 5.74) is 0.0132. The van der Waals surface area contributed by atoms with Gasteiger partial charge in [0.25, 0.3) is 0 Å². The number of carboxylic acid groups (broad SMARTS) is 1. The minimum atomic E-state index is -4.53. The number of urea groups is 1. The first-order valence-corrected chi connectivity index (χ1v) is 9.97. The molecule has 0 radical (unpaired) electrons. The van der Waals surface area contributed by atoms with E-state index in [0.29, 0.717) is 31.7 Å². The fourth-order valence-corrected chi connectivity index (χ4v) is 3.48. The van der Waals surface area contributed by atoms with Crippen LogP contribution in [0, 0.1) is 0 Å². The number of nitrogens with zero attached hydrogens (tertiary/aromatic N) is 3. The number of aromatic carboxylic acids is 1. The molecule has 1 saturated heterocycles. The number of benzene rings is 2. The largest absolute Gasteiger partial charge is 0.478 e. The summed E-state index contributed by atoms with van der Waals surface area (Å²) in [4.78, 5) is 29.5. The quantitative estimate of drug-likeness (QED) is 0.766. The molecule has 0 bridgehead atoms. The van der Waals surface area contributed by atoms with Gasteiger partial charge in [-0.15, -0.1) is 0 Å². The highest BCUT2D eigenvalue weighted by molar-refractivity contribution is 5.92. The van der Waals surface area contributed by atoms with Gasteiger partial charge in [0.15, 0.2) is 0 Å². The van der Waals surface area contributed by atoms with Gasteiger partial charge in [-0.3, -0.25) is 4.90 Å². The third-order valence-corrected chi connectivity index (χ3v) is 5.35. The maximum atomic E-state index is 13.3. The van der Waals surface area contributed by atoms with Crippen LogP contribution < -0.4 is 4.90 Å². The normalized spacial score (nSPS) is 15.0. The molecule has 1 aliphatic rings. The standard InChI is InChI=1S/C22H24F3N3O3/c1-2-26-10-12-27(13-11-26)21(31)28(15-16-6-8-17(9-7-16)20(29)30)19-5-3-4-18(14-19)22(23,24)25/h3-9,14H,2,10-13,15H2,1H3,(H,29,30). The molecule has 166 valence electrons. The van der Waals surface area contributed by atoms with E-state index >= 15 is 0 Å². The molecule has 31 heavy (non-hydrogen) atoms. The first-order chi connectivity index (χ1) is 14.7. The highest BCUT2D eigenvalue weighted by Gasteiger charge is 2.32. The van der Waals surface area contributed by atoms with E-state index in [1.54, 1.807) is 17.0 Å². The van der Waals surface area contributed by atoms with Crippen molar-refractivity contribution in [3.05, 3.63) is 65.2 Å². The predicted octanol–water partition coefficient (Wildman–Crippen LogP) is 4.17. The molecule has 1 fully saturated rings. The second-order valence-electron chi connectivity index (χ2n) is 7.34. The molecule has 1 heterocycles. The van der Waals surface area contributed by atoms with Gasteiger partial charge in [-0.1, -0.05) is 25.1 Å². The Hall–Kier alpha value is -3.07. The van der Waals surface area contributed by atoms with Crippen LogP contribution >= 0.6 is 0 Å². The van der Waals surface area contributed by atoms with Crippen molar-refractivity contribution in [3.8, 4) is 0 Å². The summed E-state index contributed by atoms with van der Waals surface area (Å²) in [7, 11) is 0. The van der Waals surface area contributed by atoms with Gasteiger partial charge in [-0.05, 0) is 42.4 Å². The molecule has 0 aromatic heterocycles. The maximum Gasteiger partial charge on any atom is 0.416 e. The Morgan fingerprint density at radius 2 is 1.68 bits per heavy atom. The third-order valence-electron chi connectivity index (χ3n) is 5.35. The molecule has 3 rings (SSSR count). The van der Waals surface area contributed by atoms with Crippen molar-refractivity contribution in [2.75, 3.05) is 37.6 Å². The van der Waals surface area contributed by atoms with E-state index in [0.717, 1.165) is 18.7 Å². The van der Waals surface area contributed by atoms with Crippen molar-refractivity contribution in [1.82, 2.24) is 9.80 Å². The van der Waals surface area contributed by atoms with Crippen LogP contribution in [0.3, 0.4) is 0 Å². The van der Waals surface area contributed by atoms with Crippen LogP contribution in [0.2, 0.25) is 0 Å². The molecule has 2 aromatic rings. The van der Waals surface area contributed by atoms with E-state index in [-0.39, 0.29) is 23.8 Å². The fraction of sp³-hybridized carbons (Fsp3) is 0.364. The SMILES string of the molecule is CCN1CCN(C(=O)N(Cc2ccc(C(=O)O)cc2)c2cccc(C(F)(F)F)c2)CC1. The molecule has 2 amide bonds. The van der Waals surface area contributed by atoms with Gasteiger partial charge in [0.1, 0.15) is 0 Å². The number of anilines is 1. The minimum absolute atomic E-state index is 0.0219. The minimum Gasteiger partial charge on any atom is -0.478 e. The van der Waals surface area contributed by atoms with Crippen molar-refractivity contribution < 1.29 is 27.9 Å². The number of carbonyl (C=O) groups is 2. The fourth-order valence-electron chi connectivity index (χ4n) is 3.48. The zero-order valence-electron chi connectivity index (χ0n) is 17.1. The van der Waals surface area contributed by atoms with Crippen LogP contribution in [-0.2, 0) is 12.7 Å². The maximum absolute atomic E-state index is 13.3. The number of piperazine rings is 1. The number of halogens is 3. The number of likely N-dealkylation sites (N-methyl/N-ethyl adjacent to an activating group) is 1. The molecule has 9 heteroatoms. The summed E-state index contributed by atoms with van der Waals surface area (Å²) in [6.45, 7) is 5.30. The Balaban J connectivity index is 1.90. The molecular weight excluding hydrogens is 411 g/mol. The summed E-state index contributed by atoms with van der Waals surface area (Å²) in [6.07, 6.45) is -4.53. The summed E-state index contributed by atoms with van der Waals surface area (Å²) >= 11 is 0. The number of amides is 2. The molecule has 2 aromatic carbocycles. The highest BCUT2D eigenvalue weighted by atomic mass is 19.4. The molecule has 0 aliphatic carbocycles. The van der Waals surface area contributed by atoms with E-state index in [2.05, 4.69) is 4.90 Å². The van der Waals surface area contributed by atoms with E-state index in [4.69, 9.17) is 5.11 Å². The van der Waals surface area contributed by atoms with E-state index < -0.39 is 17.7 Å². The van der Waals surface area contributed by atoms with Gasteiger partial charge in [0, 0.05) is 31.9 Å². The lowest BCUT2D eigenvalue weighted by Gasteiger charge is -2.37. The van der Waals surface area contributed by atoms with Crippen LogP contribution in [0.1, 0.15) is 28.4 Å². The zero-order chi connectivity index (χ0) is 22.6. The van der Waals surface area contributed by atoms with Crippen LogP contribution in [0.25, 0.3) is 0 Å². The average Bonchev–Trinajstić information content (AvgIpc) is 2.77. The lowest BCUT2D eigenvalue weighted by atomic mass is 10.1. The predicted molar refractivity (Wildman–Crippen MR) is 110 cm³/mol. The van der Waals surface area contributed by atoms with Gasteiger partial charge in [0.05, 0.1) is 17.7 Å². The molecule has 1 N–H and O–H groups in total. The molecule has 0 atom stereocenters. The Morgan fingerprint density at radius 3 is 2.23 bits per heavy atom. The Kier molecular flexibility index (Phi) is 6.84. The van der Waals surface area contributed by atoms with Gasteiger partial charge in [-0.2, -0.15) is 13.2 Å². The van der Waals surface area contributed by atoms with E-state index in [1.165, 1.54) is 29.2 Å². The monoisotopic (exact) mass is 435 g/mol. The average molecular weight is 435 g/mol. The first-order valence-electron chi connectivity index (χ1n) is 9.97. The first kappa shape index (κ1) is 22.6. The molecule has 0 unspecified atom stereocenters. The number of hydrogen-bond acceptors (Lipinski definition) is 3. The second kappa shape index (κ2) is 9.38. The molecule has 6 nitrogen and oxygen atoms in total. The number of alkyl halides is 3. The van der Waals surface area contributed by atoms with Gasteiger partial charge < -0.3 is 14.9 Å². The van der Waals surface area contributed by atoms with Crippen molar-refractivity contribution in [2.45, 2.75) is 19.6 Å². The van der Waals surface area contributed by atoms with Gasteiger partial charge in [0.2, 0.25) is 0 Å². The van der Waals surface area contributed by atoms with E-state index in [1.807, 2.05) is 6.92 Å². The van der Waals surface area contributed by atoms with Crippen LogP contribution in [0.4, 0.5) is 23.7 Å². The molecule has 1 aliphatic heterocycles. The van der Waals surface area contributed by atoms with Gasteiger partial charge >= 0.3 is 18.2 Å². The lowest BCUT2D eigenvalue weighted by Crippen LogP contribution is -2.52.